The number of likely N-dealkylation sites (N-methyl/N-ethyl adjacent to an activating group) is 1. The zero-order valence-electron chi connectivity index (χ0n) is 13.3. The predicted octanol–water partition coefficient (Wildman–Crippen LogP) is 0.662. The van der Waals surface area contributed by atoms with E-state index < -0.39 is 22.0 Å². The molecule has 124 valence electrons. The lowest BCUT2D eigenvalue weighted by atomic mass is 10.1. The number of H-pyrrole nitrogens is 1. The van der Waals surface area contributed by atoms with Gasteiger partial charge < -0.3 is 10.3 Å². The average Bonchev–Trinajstić information content (AvgIpc) is 2.98. The maximum atomic E-state index is 12.6. The molecule has 0 saturated carbocycles. The maximum Gasteiger partial charge on any atom is 0.241 e. The summed E-state index contributed by atoms with van der Waals surface area (Å²) >= 11 is 0. The van der Waals surface area contributed by atoms with Crippen LogP contribution in [0.1, 0.15) is 16.8 Å². The summed E-state index contributed by atoms with van der Waals surface area (Å²) in [6.45, 7) is 3.62. The second-order valence-electron chi connectivity index (χ2n) is 5.34. The zero-order valence-corrected chi connectivity index (χ0v) is 14.1. The summed E-state index contributed by atoms with van der Waals surface area (Å²) in [6, 6.07) is 4.14. The number of carbonyl (C=O) groups excluding carboxylic acids is 1. The van der Waals surface area contributed by atoms with Crippen LogP contribution in [0.4, 0.5) is 0 Å². The Hall–Kier alpha value is -2.19. The van der Waals surface area contributed by atoms with Crippen molar-refractivity contribution in [2.45, 2.75) is 31.2 Å². The number of imidazole rings is 1. The molecule has 0 saturated heterocycles. The molecule has 0 aliphatic rings. The first-order valence-corrected chi connectivity index (χ1v) is 8.60. The number of aromatic nitrogens is 2. The predicted molar refractivity (Wildman–Crippen MR) is 86.4 cm³/mol. The summed E-state index contributed by atoms with van der Waals surface area (Å²) in [6.07, 6.45) is 3.22. The minimum Gasteiger partial charge on any atom is -0.358 e. The largest absolute Gasteiger partial charge is 0.358 e. The highest BCUT2D eigenvalue weighted by Crippen LogP contribution is 2.17. The highest BCUT2D eigenvalue weighted by Gasteiger charge is 2.26. The van der Waals surface area contributed by atoms with E-state index in [1.165, 1.54) is 13.4 Å². The molecule has 1 aromatic heterocycles. The van der Waals surface area contributed by atoms with Gasteiger partial charge in [0.05, 0.1) is 11.2 Å². The molecule has 23 heavy (non-hydrogen) atoms. The minimum absolute atomic E-state index is 0.168. The summed E-state index contributed by atoms with van der Waals surface area (Å²) in [5.41, 5.74) is 2.28. The zero-order chi connectivity index (χ0) is 17.0. The van der Waals surface area contributed by atoms with Gasteiger partial charge in [0.2, 0.25) is 15.9 Å². The molecule has 2 aromatic rings. The summed E-state index contributed by atoms with van der Waals surface area (Å²) in [7, 11) is -2.34. The Bertz CT molecular complexity index is 785. The SMILES string of the molecule is CNC(=O)[C@H](Cc1cnc[nH]1)NS(=O)(=O)c1ccc(C)cc1C. The Morgan fingerprint density at radius 1 is 1.35 bits per heavy atom. The number of aryl methyl sites for hydroxylation is 2. The van der Waals surface area contributed by atoms with E-state index in [9.17, 15) is 13.2 Å². The van der Waals surface area contributed by atoms with Gasteiger partial charge in [-0.1, -0.05) is 17.7 Å². The van der Waals surface area contributed by atoms with Crippen LogP contribution in [0, 0.1) is 13.8 Å². The lowest BCUT2D eigenvalue weighted by molar-refractivity contribution is -0.122. The standard InChI is InChI=1S/C15H20N4O3S/c1-10-4-5-14(11(2)6-10)23(21,22)19-13(15(20)16-3)7-12-8-17-9-18-12/h4-6,8-9,13,19H,7H2,1-3H3,(H,16,20)(H,17,18)/t13-/m0/s1. The summed E-state index contributed by atoms with van der Waals surface area (Å²) in [4.78, 5) is 18.9. The number of aromatic amines is 1. The number of hydrogen-bond acceptors (Lipinski definition) is 4. The highest BCUT2D eigenvalue weighted by molar-refractivity contribution is 7.89. The van der Waals surface area contributed by atoms with Gasteiger partial charge in [-0.15, -0.1) is 0 Å². The fraction of sp³-hybridized carbons (Fsp3) is 0.333. The first-order valence-electron chi connectivity index (χ1n) is 7.12. The van der Waals surface area contributed by atoms with Crippen LogP contribution < -0.4 is 10.0 Å². The van der Waals surface area contributed by atoms with E-state index in [1.807, 2.05) is 6.92 Å². The van der Waals surface area contributed by atoms with Gasteiger partial charge in [-0.25, -0.2) is 13.4 Å². The van der Waals surface area contributed by atoms with Crippen molar-refractivity contribution in [3.8, 4) is 0 Å². The number of carbonyl (C=O) groups is 1. The van der Waals surface area contributed by atoms with E-state index in [4.69, 9.17) is 0 Å². The molecule has 3 N–H and O–H groups in total. The number of rotatable bonds is 6. The fourth-order valence-electron chi connectivity index (χ4n) is 2.33. The van der Waals surface area contributed by atoms with Crippen molar-refractivity contribution >= 4 is 15.9 Å². The third-order valence-corrected chi connectivity index (χ3v) is 5.09. The Morgan fingerprint density at radius 2 is 2.09 bits per heavy atom. The average molecular weight is 336 g/mol. The molecule has 0 spiro atoms. The molecule has 2 rings (SSSR count). The van der Waals surface area contributed by atoms with Crippen molar-refractivity contribution in [2.24, 2.45) is 0 Å². The Morgan fingerprint density at radius 3 is 2.65 bits per heavy atom. The van der Waals surface area contributed by atoms with Crippen molar-refractivity contribution < 1.29 is 13.2 Å². The highest BCUT2D eigenvalue weighted by atomic mass is 32.2. The molecule has 0 bridgehead atoms. The number of amides is 1. The van der Waals surface area contributed by atoms with Crippen LogP contribution in [0.5, 0.6) is 0 Å². The molecule has 1 heterocycles. The van der Waals surface area contributed by atoms with Gasteiger partial charge >= 0.3 is 0 Å². The number of nitrogens with one attached hydrogen (secondary N) is 3. The van der Waals surface area contributed by atoms with Crippen molar-refractivity contribution in [1.29, 1.82) is 0 Å². The molecule has 8 heteroatoms. The van der Waals surface area contributed by atoms with Gasteiger partial charge in [0.15, 0.2) is 0 Å². The van der Waals surface area contributed by atoms with E-state index >= 15 is 0 Å². The van der Waals surface area contributed by atoms with Gasteiger partial charge in [-0.05, 0) is 25.5 Å². The number of benzene rings is 1. The number of hydrogen-bond donors (Lipinski definition) is 3. The number of nitrogens with zero attached hydrogens (tertiary/aromatic N) is 1. The smallest absolute Gasteiger partial charge is 0.241 e. The van der Waals surface area contributed by atoms with E-state index in [-0.39, 0.29) is 11.3 Å². The maximum absolute atomic E-state index is 12.6. The summed E-state index contributed by atoms with van der Waals surface area (Å²) < 4.78 is 27.7. The van der Waals surface area contributed by atoms with Gasteiger partial charge in [0, 0.05) is 25.4 Å². The van der Waals surface area contributed by atoms with Crippen LogP contribution >= 0.6 is 0 Å². The second-order valence-corrected chi connectivity index (χ2v) is 7.02. The van der Waals surface area contributed by atoms with Crippen molar-refractivity contribution in [1.82, 2.24) is 20.0 Å². The van der Waals surface area contributed by atoms with Gasteiger partial charge in [0.1, 0.15) is 6.04 Å². The quantitative estimate of drug-likeness (QED) is 0.721. The fourth-order valence-corrected chi connectivity index (χ4v) is 3.75. The van der Waals surface area contributed by atoms with Crippen molar-refractivity contribution in [2.75, 3.05) is 7.05 Å². The van der Waals surface area contributed by atoms with Crippen LogP contribution in [-0.2, 0) is 21.2 Å². The molecule has 1 aromatic carbocycles. The van der Waals surface area contributed by atoms with Crippen LogP contribution in [0.25, 0.3) is 0 Å². The van der Waals surface area contributed by atoms with Crippen LogP contribution in [0.15, 0.2) is 35.6 Å². The second kappa shape index (κ2) is 6.93. The first kappa shape index (κ1) is 17.2. The van der Waals surface area contributed by atoms with E-state index in [0.29, 0.717) is 11.3 Å². The Balaban J connectivity index is 2.28. The molecular formula is C15H20N4O3S. The Labute approximate surface area is 135 Å². The normalized spacial score (nSPS) is 12.8. The van der Waals surface area contributed by atoms with Crippen molar-refractivity contribution in [3.05, 3.63) is 47.5 Å². The first-order chi connectivity index (χ1) is 10.8. The summed E-state index contributed by atoms with van der Waals surface area (Å²) in [5, 5.41) is 2.48. The molecule has 0 radical (unpaired) electrons. The molecule has 0 aliphatic carbocycles. The lowest BCUT2D eigenvalue weighted by Crippen LogP contribution is -2.47. The van der Waals surface area contributed by atoms with E-state index in [1.54, 1.807) is 31.3 Å². The third-order valence-electron chi connectivity index (χ3n) is 3.46. The van der Waals surface area contributed by atoms with Crippen LogP contribution in [0.2, 0.25) is 0 Å². The van der Waals surface area contributed by atoms with Gasteiger partial charge in [-0.2, -0.15) is 4.72 Å². The molecular weight excluding hydrogens is 316 g/mol. The number of sulfonamides is 1. The topological polar surface area (TPSA) is 104 Å². The van der Waals surface area contributed by atoms with E-state index in [2.05, 4.69) is 20.0 Å². The monoisotopic (exact) mass is 336 g/mol. The molecule has 0 aliphatic heterocycles. The minimum atomic E-state index is -3.81. The van der Waals surface area contributed by atoms with Crippen molar-refractivity contribution in [3.63, 3.8) is 0 Å². The molecule has 0 fully saturated rings. The Kier molecular flexibility index (Phi) is 5.17. The van der Waals surface area contributed by atoms with Gasteiger partial charge in [0.25, 0.3) is 0 Å². The summed E-state index contributed by atoms with van der Waals surface area (Å²) in [5.74, 6) is -0.409. The molecule has 1 atom stereocenters. The molecule has 0 unspecified atom stereocenters. The van der Waals surface area contributed by atoms with E-state index in [0.717, 1.165) is 5.56 Å². The third kappa shape index (κ3) is 4.17. The molecule has 1 amide bonds. The van der Waals surface area contributed by atoms with Crippen LogP contribution in [0.3, 0.4) is 0 Å². The van der Waals surface area contributed by atoms with Crippen LogP contribution in [-0.4, -0.2) is 37.4 Å². The lowest BCUT2D eigenvalue weighted by Gasteiger charge is -2.18. The molecule has 7 nitrogen and oxygen atoms in total. The van der Waals surface area contributed by atoms with Gasteiger partial charge in [-0.3, -0.25) is 4.79 Å².